The summed E-state index contributed by atoms with van der Waals surface area (Å²) in [7, 11) is 0. The molecular weight excluding hydrogens is 288 g/mol. The molecule has 2 amide bonds. The van der Waals surface area contributed by atoms with Crippen molar-refractivity contribution in [2.24, 2.45) is 0 Å². The van der Waals surface area contributed by atoms with Crippen LogP contribution in [0.3, 0.4) is 0 Å². The molecule has 0 N–H and O–H groups in total. The maximum absolute atomic E-state index is 12.5. The average molecular weight is 308 g/mol. The summed E-state index contributed by atoms with van der Waals surface area (Å²) in [6.45, 7) is 5.54. The van der Waals surface area contributed by atoms with Crippen molar-refractivity contribution in [1.82, 2.24) is 4.90 Å². The second-order valence-corrected chi connectivity index (χ2v) is 6.02. The molecule has 0 unspecified atom stereocenters. The highest BCUT2D eigenvalue weighted by Gasteiger charge is 2.33. The fourth-order valence-electron chi connectivity index (χ4n) is 2.98. The quantitative estimate of drug-likeness (QED) is 0.818. The van der Waals surface area contributed by atoms with Crippen LogP contribution >= 0.6 is 0 Å². The summed E-state index contributed by atoms with van der Waals surface area (Å²) in [5.41, 5.74) is 4.02. The summed E-state index contributed by atoms with van der Waals surface area (Å²) < 4.78 is 0. The molecule has 0 saturated carbocycles. The van der Waals surface area contributed by atoms with Crippen LogP contribution in [0.5, 0.6) is 0 Å². The molecule has 0 atom stereocenters. The Morgan fingerprint density at radius 2 is 1.52 bits per heavy atom. The maximum atomic E-state index is 12.5. The van der Waals surface area contributed by atoms with Gasteiger partial charge in [0.1, 0.15) is 0 Å². The lowest BCUT2D eigenvalue weighted by atomic mass is 10.1. The lowest BCUT2D eigenvalue weighted by Crippen LogP contribution is -2.54. The predicted molar refractivity (Wildman–Crippen MR) is 90.1 cm³/mol. The summed E-state index contributed by atoms with van der Waals surface area (Å²) in [4.78, 5) is 28.1. The molecule has 3 rings (SSSR count). The summed E-state index contributed by atoms with van der Waals surface area (Å²) >= 11 is 0. The Morgan fingerprint density at radius 1 is 0.870 bits per heavy atom. The van der Waals surface area contributed by atoms with E-state index in [9.17, 15) is 9.59 Å². The van der Waals surface area contributed by atoms with Gasteiger partial charge in [-0.3, -0.25) is 9.59 Å². The molecule has 0 bridgehead atoms. The van der Waals surface area contributed by atoms with Gasteiger partial charge in [0.05, 0.1) is 0 Å². The van der Waals surface area contributed by atoms with Crippen molar-refractivity contribution >= 4 is 17.5 Å². The Hall–Kier alpha value is -2.62. The first-order chi connectivity index (χ1) is 11.0. The van der Waals surface area contributed by atoms with Gasteiger partial charge in [0.15, 0.2) is 0 Å². The second-order valence-electron chi connectivity index (χ2n) is 6.02. The van der Waals surface area contributed by atoms with Crippen molar-refractivity contribution in [2.45, 2.75) is 20.4 Å². The van der Waals surface area contributed by atoms with Gasteiger partial charge in [0.2, 0.25) is 0 Å². The zero-order valence-corrected chi connectivity index (χ0v) is 13.5. The highest BCUT2D eigenvalue weighted by atomic mass is 16.2. The Kier molecular flexibility index (Phi) is 4.15. The van der Waals surface area contributed by atoms with Gasteiger partial charge in [0, 0.05) is 25.3 Å². The Bertz CT molecular complexity index is 720. The summed E-state index contributed by atoms with van der Waals surface area (Å²) in [6, 6.07) is 15.7. The van der Waals surface area contributed by atoms with E-state index in [4.69, 9.17) is 0 Å². The first-order valence-electron chi connectivity index (χ1n) is 7.77. The number of carbonyl (C=O) groups is 2. The highest BCUT2D eigenvalue weighted by Crippen LogP contribution is 2.22. The number of hydrogen-bond donors (Lipinski definition) is 0. The van der Waals surface area contributed by atoms with Gasteiger partial charge in [-0.15, -0.1) is 0 Å². The topological polar surface area (TPSA) is 40.6 Å². The Balaban J connectivity index is 1.77. The van der Waals surface area contributed by atoms with E-state index in [2.05, 4.69) is 6.07 Å². The molecule has 2 aromatic carbocycles. The van der Waals surface area contributed by atoms with Gasteiger partial charge in [-0.1, -0.05) is 36.4 Å². The zero-order valence-electron chi connectivity index (χ0n) is 13.5. The van der Waals surface area contributed by atoms with E-state index in [1.807, 2.05) is 56.3 Å². The third-order valence-electron chi connectivity index (χ3n) is 4.04. The van der Waals surface area contributed by atoms with Crippen LogP contribution in [-0.4, -0.2) is 29.8 Å². The number of carbonyl (C=O) groups excluding carboxylic acids is 2. The molecule has 0 aliphatic carbocycles. The van der Waals surface area contributed by atoms with Gasteiger partial charge >= 0.3 is 11.8 Å². The number of benzene rings is 2. The van der Waals surface area contributed by atoms with Gasteiger partial charge < -0.3 is 9.80 Å². The second kappa shape index (κ2) is 6.24. The summed E-state index contributed by atoms with van der Waals surface area (Å²) in [5.74, 6) is -0.878. The maximum Gasteiger partial charge on any atom is 0.316 e. The normalized spacial score (nSPS) is 15.2. The lowest BCUT2D eigenvalue weighted by Gasteiger charge is -2.34. The molecule has 0 spiro atoms. The van der Waals surface area contributed by atoms with Crippen molar-refractivity contribution in [3.8, 4) is 0 Å². The van der Waals surface area contributed by atoms with E-state index >= 15 is 0 Å². The van der Waals surface area contributed by atoms with E-state index in [0.29, 0.717) is 19.6 Å². The number of amides is 2. The number of anilines is 1. The number of piperazine rings is 1. The van der Waals surface area contributed by atoms with E-state index in [0.717, 1.165) is 22.4 Å². The predicted octanol–water partition coefficient (Wildman–Crippen LogP) is 2.68. The van der Waals surface area contributed by atoms with Gasteiger partial charge in [0.25, 0.3) is 0 Å². The van der Waals surface area contributed by atoms with Crippen LogP contribution in [0.4, 0.5) is 5.69 Å². The first-order valence-corrected chi connectivity index (χ1v) is 7.77. The largest absolute Gasteiger partial charge is 0.328 e. The van der Waals surface area contributed by atoms with Crippen molar-refractivity contribution < 1.29 is 9.59 Å². The molecule has 4 nitrogen and oxygen atoms in total. The molecule has 1 saturated heterocycles. The minimum absolute atomic E-state index is 0.431. The molecule has 2 aromatic rings. The van der Waals surface area contributed by atoms with Crippen LogP contribution in [0.15, 0.2) is 48.5 Å². The van der Waals surface area contributed by atoms with Crippen LogP contribution in [-0.2, 0) is 16.1 Å². The fraction of sp³-hybridized carbons (Fsp3) is 0.263. The first kappa shape index (κ1) is 15.3. The van der Waals surface area contributed by atoms with Crippen molar-refractivity contribution in [3.63, 3.8) is 0 Å². The van der Waals surface area contributed by atoms with Crippen LogP contribution in [0.1, 0.15) is 16.7 Å². The fourth-order valence-corrected chi connectivity index (χ4v) is 2.98. The number of aryl methyl sites for hydroxylation is 2. The third kappa shape index (κ3) is 3.26. The molecule has 1 heterocycles. The van der Waals surface area contributed by atoms with Gasteiger partial charge in [-0.2, -0.15) is 0 Å². The van der Waals surface area contributed by atoms with Crippen LogP contribution in [0.25, 0.3) is 0 Å². The Morgan fingerprint density at radius 3 is 2.17 bits per heavy atom. The van der Waals surface area contributed by atoms with E-state index in [1.165, 1.54) is 0 Å². The lowest BCUT2D eigenvalue weighted by molar-refractivity contribution is -0.146. The van der Waals surface area contributed by atoms with Crippen LogP contribution in [0.2, 0.25) is 0 Å². The van der Waals surface area contributed by atoms with Crippen molar-refractivity contribution in [1.29, 1.82) is 0 Å². The van der Waals surface area contributed by atoms with Crippen LogP contribution in [0, 0.1) is 13.8 Å². The third-order valence-corrected chi connectivity index (χ3v) is 4.04. The molecule has 1 fully saturated rings. The van der Waals surface area contributed by atoms with E-state index < -0.39 is 11.8 Å². The molecule has 0 radical (unpaired) electrons. The highest BCUT2D eigenvalue weighted by molar-refractivity contribution is 6.40. The van der Waals surface area contributed by atoms with Crippen molar-refractivity contribution in [2.75, 3.05) is 18.0 Å². The molecule has 0 aromatic heterocycles. The Labute approximate surface area is 136 Å². The monoisotopic (exact) mass is 308 g/mol. The van der Waals surface area contributed by atoms with Gasteiger partial charge in [-0.05, 0) is 42.7 Å². The summed E-state index contributed by atoms with van der Waals surface area (Å²) in [5, 5.41) is 0. The molecular formula is C19H20N2O2. The molecule has 23 heavy (non-hydrogen) atoms. The minimum atomic E-state index is -0.447. The molecule has 1 aliphatic rings. The smallest absolute Gasteiger partial charge is 0.316 e. The zero-order chi connectivity index (χ0) is 16.4. The number of hydrogen-bond acceptors (Lipinski definition) is 2. The van der Waals surface area contributed by atoms with Crippen LogP contribution < -0.4 is 4.90 Å². The van der Waals surface area contributed by atoms with E-state index in [1.54, 1.807) is 9.80 Å². The molecule has 1 aliphatic heterocycles. The standard InChI is InChI=1S/C19H20N2O2/c1-14-10-15(2)12-17(11-14)21-9-8-20(18(22)19(21)23)13-16-6-4-3-5-7-16/h3-7,10-12H,8-9,13H2,1-2H3. The molecule has 4 heteroatoms. The summed E-state index contributed by atoms with van der Waals surface area (Å²) in [6.07, 6.45) is 0. The van der Waals surface area contributed by atoms with Crippen molar-refractivity contribution in [3.05, 3.63) is 65.2 Å². The average Bonchev–Trinajstić information content (AvgIpc) is 2.52. The van der Waals surface area contributed by atoms with Gasteiger partial charge in [-0.25, -0.2) is 0 Å². The SMILES string of the molecule is Cc1cc(C)cc(N2CCN(Cc3ccccc3)C(=O)C2=O)c1. The van der Waals surface area contributed by atoms with E-state index in [-0.39, 0.29) is 0 Å². The number of rotatable bonds is 3. The number of nitrogens with zero attached hydrogens (tertiary/aromatic N) is 2. The molecule has 118 valence electrons. The minimum Gasteiger partial charge on any atom is -0.328 e.